The Hall–Kier alpha value is -3.03. The number of hydrogen-bond donors (Lipinski definition) is 3. The molecule has 0 aliphatic heterocycles. The van der Waals surface area contributed by atoms with Gasteiger partial charge in [-0.15, -0.1) is 0 Å². The van der Waals surface area contributed by atoms with Crippen molar-refractivity contribution in [2.45, 2.75) is 38.3 Å². The number of alkyl halides is 3. The van der Waals surface area contributed by atoms with E-state index in [-0.39, 0.29) is 23.9 Å². The Bertz CT molecular complexity index is 822. The van der Waals surface area contributed by atoms with Crippen molar-refractivity contribution in [1.82, 2.24) is 0 Å². The van der Waals surface area contributed by atoms with E-state index in [1.54, 1.807) is 24.3 Å². The first kappa shape index (κ1) is 21.3. The standard InChI is InChI=1S/C20H22F3N3O2/c21-20(22,23)14-7-6-8-15(13-14)25-18(27)11-2-1-3-12-19(28)26-17-10-5-4-9-16(17)24/h4-10,13H,1-3,11-12,24H2,(H,25,27)(H,26,28). The predicted octanol–water partition coefficient (Wildman–Crippen LogP) is 4.82. The number of carbonyl (C=O) groups excluding carboxylic acids is 2. The topological polar surface area (TPSA) is 84.2 Å². The fraction of sp³-hybridized carbons (Fsp3) is 0.300. The lowest BCUT2D eigenvalue weighted by molar-refractivity contribution is -0.137. The largest absolute Gasteiger partial charge is 0.416 e. The SMILES string of the molecule is Nc1ccccc1NC(=O)CCCCCC(=O)Nc1cccc(C(F)(F)F)c1. The summed E-state index contributed by atoms with van der Waals surface area (Å²) in [6.45, 7) is 0. The molecule has 5 nitrogen and oxygen atoms in total. The van der Waals surface area contributed by atoms with E-state index in [1.165, 1.54) is 12.1 Å². The van der Waals surface area contributed by atoms with Crippen molar-refractivity contribution in [2.24, 2.45) is 0 Å². The maximum absolute atomic E-state index is 12.7. The Morgan fingerprint density at radius 3 is 2.14 bits per heavy atom. The number of para-hydroxylation sites is 2. The normalized spacial score (nSPS) is 11.1. The quantitative estimate of drug-likeness (QED) is 0.444. The van der Waals surface area contributed by atoms with E-state index in [0.717, 1.165) is 12.1 Å². The Kier molecular flexibility index (Phi) is 7.43. The van der Waals surface area contributed by atoms with Crippen molar-refractivity contribution in [3.63, 3.8) is 0 Å². The molecular formula is C20H22F3N3O2. The van der Waals surface area contributed by atoms with Gasteiger partial charge in [-0.3, -0.25) is 9.59 Å². The molecule has 2 amide bonds. The summed E-state index contributed by atoms with van der Waals surface area (Å²) >= 11 is 0. The molecule has 0 spiro atoms. The molecule has 150 valence electrons. The van der Waals surface area contributed by atoms with Crippen LogP contribution in [0.1, 0.15) is 37.7 Å². The van der Waals surface area contributed by atoms with Crippen LogP contribution in [-0.4, -0.2) is 11.8 Å². The van der Waals surface area contributed by atoms with E-state index in [1.807, 2.05) is 0 Å². The van der Waals surface area contributed by atoms with E-state index in [4.69, 9.17) is 5.73 Å². The third-order valence-electron chi connectivity index (χ3n) is 4.02. The monoisotopic (exact) mass is 393 g/mol. The molecule has 2 aromatic rings. The Morgan fingerprint density at radius 2 is 1.50 bits per heavy atom. The van der Waals surface area contributed by atoms with Crippen LogP contribution in [0, 0.1) is 0 Å². The molecular weight excluding hydrogens is 371 g/mol. The maximum atomic E-state index is 12.7. The summed E-state index contributed by atoms with van der Waals surface area (Å²) in [5.74, 6) is -0.521. The van der Waals surface area contributed by atoms with Crippen molar-refractivity contribution >= 4 is 28.9 Å². The predicted molar refractivity (Wildman–Crippen MR) is 103 cm³/mol. The van der Waals surface area contributed by atoms with Crippen LogP contribution in [0.4, 0.5) is 30.2 Å². The number of hydrogen-bond acceptors (Lipinski definition) is 3. The van der Waals surface area contributed by atoms with E-state index in [2.05, 4.69) is 10.6 Å². The average Bonchev–Trinajstić information content (AvgIpc) is 2.63. The molecule has 0 radical (unpaired) electrons. The van der Waals surface area contributed by atoms with Gasteiger partial charge in [0.1, 0.15) is 0 Å². The lowest BCUT2D eigenvalue weighted by Crippen LogP contribution is -2.13. The second-order valence-corrected chi connectivity index (χ2v) is 6.32. The molecule has 0 fully saturated rings. The van der Waals surface area contributed by atoms with Gasteiger partial charge in [0.15, 0.2) is 0 Å². The summed E-state index contributed by atoms with van der Waals surface area (Å²) in [6, 6.07) is 11.5. The van der Waals surface area contributed by atoms with Gasteiger partial charge in [-0.1, -0.05) is 24.6 Å². The molecule has 0 atom stereocenters. The summed E-state index contributed by atoms with van der Waals surface area (Å²) in [4.78, 5) is 23.7. The number of nitrogens with two attached hydrogens (primary N) is 1. The number of halogens is 3. The third kappa shape index (κ3) is 6.94. The van der Waals surface area contributed by atoms with Crippen molar-refractivity contribution in [2.75, 3.05) is 16.4 Å². The summed E-state index contributed by atoms with van der Waals surface area (Å²) in [5.41, 5.74) is 6.11. The summed E-state index contributed by atoms with van der Waals surface area (Å²) in [7, 11) is 0. The van der Waals surface area contributed by atoms with Crippen LogP contribution in [0.5, 0.6) is 0 Å². The summed E-state index contributed by atoms with van der Waals surface area (Å²) < 4.78 is 38.0. The first-order valence-electron chi connectivity index (χ1n) is 8.87. The summed E-state index contributed by atoms with van der Waals surface area (Å²) in [5, 5.41) is 5.19. The fourth-order valence-electron chi connectivity index (χ4n) is 2.57. The van der Waals surface area contributed by atoms with Crippen LogP contribution >= 0.6 is 0 Å². The zero-order valence-corrected chi connectivity index (χ0v) is 15.2. The molecule has 4 N–H and O–H groups in total. The van der Waals surface area contributed by atoms with Gasteiger partial charge in [0, 0.05) is 18.5 Å². The molecule has 0 unspecified atom stereocenters. The smallest absolute Gasteiger partial charge is 0.397 e. The van der Waals surface area contributed by atoms with Crippen LogP contribution in [0.2, 0.25) is 0 Å². The van der Waals surface area contributed by atoms with Crippen molar-refractivity contribution < 1.29 is 22.8 Å². The zero-order valence-electron chi connectivity index (χ0n) is 15.2. The van der Waals surface area contributed by atoms with E-state index in [0.29, 0.717) is 37.1 Å². The number of amides is 2. The lowest BCUT2D eigenvalue weighted by atomic mass is 10.1. The third-order valence-corrected chi connectivity index (χ3v) is 4.02. The average molecular weight is 393 g/mol. The highest BCUT2D eigenvalue weighted by molar-refractivity contribution is 5.93. The molecule has 0 saturated carbocycles. The molecule has 0 aromatic heterocycles. The minimum absolute atomic E-state index is 0.111. The molecule has 0 aliphatic carbocycles. The van der Waals surface area contributed by atoms with Crippen molar-refractivity contribution in [1.29, 1.82) is 0 Å². The Balaban J connectivity index is 1.66. The molecule has 8 heteroatoms. The number of carbonyl (C=O) groups is 2. The number of nitrogen functional groups attached to an aromatic ring is 1. The second kappa shape index (κ2) is 9.77. The maximum Gasteiger partial charge on any atom is 0.416 e. The van der Waals surface area contributed by atoms with Gasteiger partial charge in [-0.05, 0) is 43.2 Å². The van der Waals surface area contributed by atoms with E-state index >= 15 is 0 Å². The lowest BCUT2D eigenvalue weighted by Gasteiger charge is -2.10. The van der Waals surface area contributed by atoms with Crippen LogP contribution < -0.4 is 16.4 Å². The Morgan fingerprint density at radius 1 is 0.857 bits per heavy atom. The highest BCUT2D eigenvalue weighted by Crippen LogP contribution is 2.30. The number of anilines is 3. The van der Waals surface area contributed by atoms with Gasteiger partial charge in [0.2, 0.25) is 11.8 Å². The van der Waals surface area contributed by atoms with Crippen molar-refractivity contribution in [3.8, 4) is 0 Å². The van der Waals surface area contributed by atoms with Crippen LogP contribution in [0.15, 0.2) is 48.5 Å². The molecule has 0 heterocycles. The number of nitrogens with one attached hydrogen (secondary N) is 2. The fourth-order valence-corrected chi connectivity index (χ4v) is 2.57. The highest BCUT2D eigenvalue weighted by atomic mass is 19.4. The minimum atomic E-state index is -4.45. The van der Waals surface area contributed by atoms with Crippen LogP contribution in [0.3, 0.4) is 0 Å². The summed E-state index contributed by atoms with van der Waals surface area (Å²) in [6.07, 6.45) is -2.21. The number of unbranched alkanes of at least 4 members (excludes halogenated alkanes) is 2. The first-order valence-corrected chi connectivity index (χ1v) is 8.87. The van der Waals surface area contributed by atoms with Gasteiger partial charge in [0.05, 0.1) is 16.9 Å². The van der Waals surface area contributed by atoms with Gasteiger partial charge in [0.25, 0.3) is 0 Å². The van der Waals surface area contributed by atoms with Crippen molar-refractivity contribution in [3.05, 3.63) is 54.1 Å². The molecule has 2 aromatic carbocycles. The zero-order chi connectivity index (χ0) is 20.6. The Labute approximate surface area is 161 Å². The molecule has 2 rings (SSSR count). The second-order valence-electron chi connectivity index (χ2n) is 6.32. The molecule has 0 aliphatic rings. The molecule has 0 bridgehead atoms. The minimum Gasteiger partial charge on any atom is -0.397 e. The molecule has 0 saturated heterocycles. The van der Waals surface area contributed by atoms with Crippen LogP contribution in [-0.2, 0) is 15.8 Å². The van der Waals surface area contributed by atoms with Crippen LogP contribution in [0.25, 0.3) is 0 Å². The van der Waals surface area contributed by atoms with Gasteiger partial charge in [-0.2, -0.15) is 13.2 Å². The van der Waals surface area contributed by atoms with Gasteiger partial charge < -0.3 is 16.4 Å². The first-order chi connectivity index (χ1) is 13.3. The van der Waals surface area contributed by atoms with Gasteiger partial charge >= 0.3 is 6.18 Å². The highest BCUT2D eigenvalue weighted by Gasteiger charge is 2.30. The van der Waals surface area contributed by atoms with E-state index < -0.39 is 11.7 Å². The van der Waals surface area contributed by atoms with Gasteiger partial charge in [-0.25, -0.2) is 0 Å². The molecule has 28 heavy (non-hydrogen) atoms. The number of benzene rings is 2. The number of rotatable bonds is 8. The van der Waals surface area contributed by atoms with E-state index in [9.17, 15) is 22.8 Å².